The normalized spacial score (nSPS) is 15.3. The van der Waals surface area contributed by atoms with Crippen molar-refractivity contribution in [3.8, 4) is 0 Å². The van der Waals surface area contributed by atoms with Gasteiger partial charge in [-0.25, -0.2) is 9.97 Å². The molecule has 4 heterocycles. The Morgan fingerprint density at radius 2 is 1.96 bits per heavy atom. The Morgan fingerprint density at radius 3 is 2.88 bits per heavy atom. The summed E-state index contributed by atoms with van der Waals surface area (Å²) in [5.41, 5.74) is 2.33. The van der Waals surface area contributed by atoms with Gasteiger partial charge in [0.15, 0.2) is 9.92 Å². The molecule has 1 aromatic carbocycles. The third-order valence-corrected chi connectivity index (χ3v) is 6.01. The Hall–Kier alpha value is -2.23. The van der Waals surface area contributed by atoms with Gasteiger partial charge in [0.25, 0.3) is 0 Å². The molecule has 1 fully saturated rings. The number of hydrogen-bond donors (Lipinski definition) is 0. The molecule has 9 heteroatoms. The Labute approximate surface area is 151 Å². The smallest absolute Gasteiger partial charge is 0.209 e. The van der Waals surface area contributed by atoms with Gasteiger partial charge in [-0.15, -0.1) is 10.2 Å². The minimum Gasteiger partial charge on any atom is -0.451 e. The molecule has 0 unspecified atom stereocenters. The monoisotopic (exact) mass is 371 g/mol. The summed E-state index contributed by atoms with van der Waals surface area (Å²) in [6.45, 7) is 3.16. The van der Waals surface area contributed by atoms with Crippen LogP contribution in [0.3, 0.4) is 0 Å². The van der Waals surface area contributed by atoms with Crippen LogP contribution in [0.2, 0.25) is 0 Å². The van der Waals surface area contributed by atoms with Gasteiger partial charge in [-0.2, -0.15) is 0 Å². The Kier molecular flexibility index (Phi) is 3.76. The third-order valence-electron chi connectivity index (χ3n) is 3.99. The highest BCUT2D eigenvalue weighted by Crippen LogP contribution is 2.38. The van der Waals surface area contributed by atoms with Crippen LogP contribution in [0.4, 0.5) is 5.13 Å². The first-order valence-electron chi connectivity index (χ1n) is 7.85. The summed E-state index contributed by atoms with van der Waals surface area (Å²) >= 11 is 3.02. The fourth-order valence-corrected chi connectivity index (χ4v) is 4.62. The van der Waals surface area contributed by atoms with E-state index in [0.29, 0.717) is 5.58 Å². The topological polar surface area (TPSA) is 77.2 Å². The molecule has 0 atom stereocenters. The molecule has 0 radical (unpaired) electrons. The van der Waals surface area contributed by atoms with E-state index in [2.05, 4.69) is 25.1 Å². The Morgan fingerprint density at radius 1 is 1.08 bits per heavy atom. The van der Waals surface area contributed by atoms with Crippen molar-refractivity contribution in [3.05, 3.63) is 30.6 Å². The predicted molar refractivity (Wildman–Crippen MR) is 96.4 cm³/mol. The van der Waals surface area contributed by atoms with Crippen LogP contribution < -0.4 is 4.90 Å². The zero-order valence-electron chi connectivity index (χ0n) is 13.1. The van der Waals surface area contributed by atoms with Crippen LogP contribution in [-0.4, -0.2) is 46.5 Å². The van der Waals surface area contributed by atoms with E-state index in [1.54, 1.807) is 17.7 Å². The molecule has 0 spiro atoms. The number of morpholine rings is 1. The van der Waals surface area contributed by atoms with Gasteiger partial charge in [0, 0.05) is 18.5 Å². The summed E-state index contributed by atoms with van der Waals surface area (Å²) in [4.78, 5) is 11.0. The minimum atomic E-state index is 0.692. The van der Waals surface area contributed by atoms with E-state index in [1.165, 1.54) is 11.8 Å². The highest BCUT2D eigenvalue weighted by atomic mass is 32.2. The first-order chi connectivity index (χ1) is 12.4. The lowest BCUT2D eigenvalue weighted by molar-refractivity contribution is 0.122. The van der Waals surface area contributed by atoms with Crippen LogP contribution in [-0.2, 0) is 4.74 Å². The highest BCUT2D eigenvalue weighted by Gasteiger charge is 2.19. The molecule has 1 aliphatic rings. The maximum atomic E-state index is 5.96. The van der Waals surface area contributed by atoms with E-state index in [1.807, 2.05) is 24.3 Å². The van der Waals surface area contributed by atoms with Crippen LogP contribution in [0.5, 0.6) is 0 Å². The van der Waals surface area contributed by atoms with E-state index in [9.17, 15) is 0 Å². The number of rotatable bonds is 3. The lowest BCUT2D eigenvalue weighted by Crippen LogP contribution is -2.36. The molecule has 25 heavy (non-hydrogen) atoms. The maximum absolute atomic E-state index is 5.96. The summed E-state index contributed by atoms with van der Waals surface area (Å²) < 4.78 is 12.2. The van der Waals surface area contributed by atoms with E-state index < -0.39 is 0 Å². The average Bonchev–Trinajstić information content (AvgIpc) is 3.28. The molecule has 0 bridgehead atoms. The van der Waals surface area contributed by atoms with Crippen molar-refractivity contribution < 1.29 is 9.15 Å². The largest absolute Gasteiger partial charge is 0.451 e. The third kappa shape index (κ3) is 2.74. The second-order valence-corrected chi connectivity index (χ2v) is 7.70. The van der Waals surface area contributed by atoms with Crippen molar-refractivity contribution in [2.75, 3.05) is 31.2 Å². The van der Waals surface area contributed by atoms with Gasteiger partial charge in [-0.1, -0.05) is 23.5 Å². The van der Waals surface area contributed by atoms with Gasteiger partial charge in [-0.05, 0) is 23.9 Å². The first-order valence-corrected chi connectivity index (χ1v) is 9.48. The molecule has 0 amide bonds. The van der Waals surface area contributed by atoms with Crippen LogP contribution >= 0.6 is 23.1 Å². The average molecular weight is 371 g/mol. The predicted octanol–water partition coefficient (Wildman–Crippen LogP) is 3.22. The summed E-state index contributed by atoms with van der Waals surface area (Å²) in [5.74, 6) is 0. The Bertz CT molecular complexity index is 1040. The zero-order chi connectivity index (χ0) is 16.6. The van der Waals surface area contributed by atoms with Crippen molar-refractivity contribution in [1.82, 2.24) is 20.2 Å². The number of fused-ring (bicyclic) bond motifs is 3. The van der Waals surface area contributed by atoms with E-state index in [0.717, 1.165) is 57.3 Å². The molecule has 7 nitrogen and oxygen atoms in total. The molecule has 126 valence electrons. The van der Waals surface area contributed by atoms with E-state index in [4.69, 9.17) is 9.15 Å². The van der Waals surface area contributed by atoms with Gasteiger partial charge < -0.3 is 14.1 Å². The number of ether oxygens (including phenoxy) is 1. The molecular weight excluding hydrogens is 358 g/mol. The minimum absolute atomic E-state index is 0.692. The summed E-state index contributed by atoms with van der Waals surface area (Å²) in [5, 5.41) is 11.3. The van der Waals surface area contributed by atoms with Gasteiger partial charge in [0.2, 0.25) is 5.13 Å². The number of benzene rings is 1. The van der Waals surface area contributed by atoms with Crippen molar-refractivity contribution in [1.29, 1.82) is 0 Å². The number of hydrogen-bond acceptors (Lipinski definition) is 9. The van der Waals surface area contributed by atoms with E-state index in [-0.39, 0.29) is 0 Å². The molecule has 0 saturated carbocycles. The molecule has 1 saturated heterocycles. The van der Waals surface area contributed by atoms with Gasteiger partial charge in [-0.3, -0.25) is 0 Å². The number of para-hydroxylation sites is 1. The maximum Gasteiger partial charge on any atom is 0.209 e. The van der Waals surface area contributed by atoms with Gasteiger partial charge >= 0.3 is 0 Å². The fourth-order valence-electron chi connectivity index (χ4n) is 2.78. The SMILES string of the molecule is c1ccc2c(c1)oc1c(Sc3nnc(N4CCOCC4)s3)ncnc12. The van der Waals surface area contributed by atoms with Crippen molar-refractivity contribution in [2.24, 2.45) is 0 Å². The van der Waals surface area contributed by atoms with Crippen molar-refractivity contribution in [2.45, 2.75) is 9.37 Å². The standard InChI is InChI=1S/C16H13N5O2S2/c1-2-4-11-10(3-1)12-13(23-11)14(18-9-17-12)24-16-20-19-15(25-16)21-5-7-22-8-6-21/h1-4,9H,5-8H2. The van der Waals surface area contributed by atoms with Crippen LogP contribution in [0.15, 0.2) is 44.4 Å². The number of anilines is 1. The summed E-state index contributed by atoms with van der Waals surface area (Å²) in [7, 11) is 0. The van der Waals surface area contributed by atoms with Crippen molar-refractivity contribution >= 4 is 50.3 Å². The second kappa shape index (κ2) is 6.25. The number of furan rings is 1. The summed E-state index contributed by atoms with van der Waals surface area (Å²) in [6.07, 6.45) is 1.57. The van der Waals surface area contributed by atoms with Crippen LogP contribution in [0.25, 0.3) is 22.1 Å². The van der Waals surface area contributed by atoms with Gasteiger partial charge in [0.05, 0.1) is 13.2 Å². The van der Waals surface area contributed by atoms with Crippen LogP contribution in [0, 0.1) is 0 Å². The van der Waals surface area contributed by atoms with Crippen LogP contribution in [0.1, 0.15) is 0 Å². The molecule has 4 aromatic rings. The zero-order valence-corrected chi connectivity index (χ0v) is 14.7. The molecule has 1 aliphatic heterocycles. The molecule has 0 aliphatic carbocycles. The number of nitrogens with zero attached hydrogens (tertiary/aromatic N) is 5. The molecular formula is C16H13N5O2S2. The first kappa shape index (κ1) is 15.1. The second-order valence-electron chi connectivity index (χ2n) is 5.51. The van der Waals surface area contributed by atoms with E-state index >= 15 is 0 Å². The Balaban J connectivity index is 1.49. The lowest BCUT2D eigenvalue weighted by atomic mass is 10.2. The quantitative estimate of drug-likeness (QED) is 0.508. The van der Waals surface area contributed by atoms with Crippen molar-refractivity contribution in [3.63, 3.8) is 0 Å². The van der Waals surface area contributed by atoms with Gasteiger partial charge in [0.1, 0.15) is 22.5 Å². The number of aromatic nitrogens is 4. The molecule has 3 aromatic heterocycles. The molecule has 5 rings (SSSR count). The molecule has 0 N–H and O–H groups in total. The summed E-state index contributed by atoms with van der Waals surface area (Å²) in [6, 6.07) is 7.87. The highest BCUT2D eigenvalue weighted by molar-refractivity contribution is 8.01. The lowest BCUT2D eigenvalue weighted by Gasteiger charge is -2.25. The fraction of sp³-hybridized carbons (Fsp3) is 0.250.